The quantitative estimate of drug-likeness (QED) is 0.141. The van der Waals surface area contributed by atoms with E-state index in [9.17, 15) is 0 Å². The van der Waals surface area contributed by atoms with Gasteiger partial charge in [0, 0.05) is 32.9 Å². The van der Waals surface area contributed by atoms with Gasteiger partial charge in [-0.15, -0.1) is 0 Å². The lowest BCUT2D eigenvalue weighted by atomic mass is 9.94. The molecule has 0 unspecified atom stereocenters. The molecule has 0 fully saturated rings. The Hall–Kier alpha value is -11.6. The second-order valence-electron chi connectivity index (χ2n) is 23.1. The third-order valence-electron chi connectivity index (χ3n) is 18.2. The molecule has 0 amide bonds. The predicted molar refractivity (Wildman–Crippen MR) is 376 cm³/mol. The second kappa shape index (κ2) is 21.2. The molecule has 0 N–H and O–H groups in total. The van der Waals surface area contributed by atoms with Gasteiger partial charge in [-0.25, -0.2) is 0 Å². The van der Waals surface area contributed by atoms with Crippen molar-refractivity contribution in [1.82, 2.24) is 9.13 Å². The third-order valence-corrected chi connectivity index (χ3v) is 18.2. The van der Waals surface area contributed by atoms with Gasteiger partial charge in [-0.1, -0.05) is 273 Å². The van der Waals surface area contributed by atoms with Crippen LogP contribution in [-0.2, 0) is 0 Å². The van der Waals surface area contributed by atoms with Crippen LogP contribution >= 0.6 is 0 Å². The molecule has 0 saturated carbocycles. The van der Waals surface area contributed by atoms with Crippen molar-refractivity contribution >= 4 is 97.5 Å². The second-order valence-corrected chi connectivity index (χ2v) is 23.1. The molecule has 88 heavy (non-hydrogen) atoms. The maximum absolute atomic E-state index is 2.43. The van der Waals surface area contributed by atoms with Crippen LogP contribution < -0.4 is 0 Å². The molecule has 0 aliphatic rings. The number of fused-ring (bicyclic) bond motifs is 14. The van der Waals surface area contributed by atoms with Crippen molar-refractivity contribution in [2.45, 2.75) is 0 Å². The number of para-hydroxylation sites is 2. The van der Waals surface area contributed by atoms with Crippen LogP contribution in [0.2, 0.25) is 0 Å². The van der Waals surface area contributed by atoms with E-state index in [0.29, 0.717) is 0 Å². The molecule has 16 aromatic carbocycles. The van der Waals surface area contributed by atoms with Gasteiger partial charge in [-0.3, -0.25) is 0 Å². The van der Waals surface area contributed by atoms with Crippen molar-refractivity contribution in [2.24, 2.45) is 0 Å². The van der Waals surface area contributed by atoms with Crippen molar-refractivity contribution in [3.8, 4) is 67.0 Å². The highest BCUT2D eigenvalue weighted by molar-refractivity contribution is 6.26. The number of hydrogen-bond donors (Lipinski definition) is 0. The van der Waals surface area contributed by atoms with Crippen LogP contribution in [0, 0.1) is 0 Å². The third kappa shape index (κ3) is 8.73. The van der Waals surface area contributed by atoms with Gasteiger partial charge in [0.25, 0.3) is 0 Å². The van der Waals surface area contributed by atoms with E-state index in [2.05, 4.69) is 349 Å². The van der Waals surface area contributed by atoms with E-state index in [1.54, 1.807) is 0 Å². The van der Waals surface area contributed by atoms with Crippen LogP contribution in [0.4, 0.5) is 0 Å². The van der Waals surface area contributed by atoms with Crippen molar-refractivity contribution in [1.29, 1.82) is 0 Å². The summed E-state index contributed by atoms with van der Waals surface area (Å²) < 4.78 is 4.81. The van der Waals surface area contributed by atoms with E-state index in [1.807, 2.05) is 0 Å². The van der Waals surface area contributed by atoms with Gasteiger partial charge < -0.3 is 9.13 Å². The Labute approximate surface area is 510 Å². The minimum absolute atomic E-state index is 1.17. The molecule has 0 aliphatic carbocycles. The first-order chi connectivity index (χ1) is 43.6. The van der Waals surface area contributed by atoms with Crippen LogP contribution in [0.15, 0.2) is 340 Å². The Bertz CT molecular complexity index is 5670. The van der Waals surface area contributed by atoms with Gasteiger partial charge in [0.05, 0.1) is 22.1 Å². The molecule has 2 aromatic heterocycles. The summed E-state index contributed by atoms with van der Waals surface area (Å²) in [5, 5.41) is 17.9. The number of rotatable bonds is 7. The Morgan fingerprint density at radius 2 is 0.511 bits per heavy atom. The molecule has 18 rings (SSSR count). The van der Waals surface area contributed by atoms with Crippen LogP contribution in [0.3, 0.4) is 0 Å². The summed E-state index contributed by atoms with van der Waals surface area (Å²) in [4.78, 5) is 0. The average Bonchev–Trinajstić information content (AvgIpc) is 1.79. The zero-order chi connectivity index (χ0) is 58.1. The first kappa shape index (κ1) is 50.9. The largest absolute Gasteiger partial charge is 0.309 e. The summed E-state index contributed by atoms with van der Waals surface area (Å²) in [6.07, 6.45) is 0. The van der Waals surface area contributed by atoms with Crippen LogP contribution in [0.5, 0.6) is 0 Å². The van der Waals surface area contributed by atoms with E-state index in [1.165, 1.54) is 164 Å². The lowest BCUT2D eigenvalue weighted by Crippen LogP contribution is -1.94. The highest BCUT2D eigenvalue weighted by Gasteiger charge is 2.18. The van der Waals surface area contributed by atoms with Crippen LogP contribution in [0.25, 0.3) is 164 Å². The molecule has 2 nitrogen and oxygen atoms in total. The molecule has 18 aromatic rings. The van der Waals surface area contributed by atoms with Gasteiger partial charge in [0.1, 0.15) is 0 Å². The first-order valence-corrected chi connectivity index (χ1v) is 30.4. The molecule has 410 valence electrons. The van der Waals surface area contributed by atoms with Crippen molar-refractivity contribution in [3.63, 3.8) is 0 Å². The summed E-state index contributed by atoms with van der Waals surface area (Å²) in [5.41, 5.74) is 19.5. The van der Waals surface area contributed by atoms with E-state index in [-0.39, 0.29) is 0 Å². The normalized spacial score (nSPS) is 11.6. The highest BCUT2D eigenvalue weighted by Crippen LogP contribution is 2.41. The van der Waals surface area contributed by atoms with Gasteiger partial charge in [-0.05, 0) is 176 Å². The smallest absolute Gasteiger partial charge is 0.0541 e. The molecule has 2 heteroatoms. The average molecular weight is 1120 g/mol. The molecular weight excluding hydrogens is 1060 g/mol. The van der Waals surface area contributed by atoms with E-state index < -0.39 is 0 Å². The van der Waals surface area contributed by atoms with Gasteiger partial charge in [-0.2, -0.15) is 0 Å². The lowest BCUT2D eigenvalue weighted by Gasteiger charge is -2.14. The van der Waals surface area contributed by atoms with E-state index in [4.69, 9.17) is 0 Å². The minimum Gasteiger partial charge on any atom is -0.309 e. The summed E-state index contributed by atoms with van der Waals surface area (Å²) in [6.45, 7) is 0. The Morgan fingerprint density at radius 3 is 1.10 bits per heavy atom. The van der Waals surface area contributed by atoms with Crippen molar-refractivity contribution < 1.29 is 0 Å². The minimum atomic E-state index is 1.17. The summed E-state index contributed by atoms with van der Waals surface area (Å²) in [7, 11) is 0. The van der Waals surface area contributed by atoms with E-state index in [0.717, 1.165) is 0 Å². The van der Waals surface area contributed by atoms with Gasteiger partial charge in [0.2, 0.25) is 0 Å². The SMILES string of the molecule is c1ccc(-c2ccc(-n3c4ccccc4c4cc(-c5ccc(-c6ccc7ccccc7c6)cc5)ccc43)cc2)cc1.c1ccc2c(-c3ccc(-c4ccc5c(c4)c4ccccc4n5-c4ccc5c6ccccc6c6ccccc6c5c4)cc3)cccc2c1. The molecule has 0 spiro atoms. The molecule has 0 saturated heterocycles. The van der Waals surface area contributed by atoms with Gasteiger partial charge in [0.15, 0.2) is 0 Å². The fourth-order valence-corrected chi connectivity index (χ4v) is 13.9. The molecule has 2 heterocycles. The molecule has 0 bridgehead atoms. The Kier molecular flexibility index (Phi) is 12.3. The Morgan fingerprint density at radius 1 is 0.148 bits per heavy atom. The maximum Gasteiger partial charge on any atom is 0.0541 e. The molecule has 0 aliphatic heterocycles. The fraction of sp³-hybridized carbons (Fsp3) is 0. The van der Waals surface area contributed by atoms with Gasteiger partial charge >= 0.3 is 0 Å². The fourth-order valence-electron chi connectivity index (χ4n) is 13.9. The molecule has 0 atom stereocenters. The standard InChI is InChI=1S/C46H29N.C40H27N/c1-2-12-35-31(10-1)11-9-18-36(35)32-22-20-30(21-23-32)33-24-27-46-44(28-33)42-17-7-8-19-45(42)47(46)34-25-26-41-39-15-4-3-13-37(39)38-14-5-6-16-40(38)43(41)29-34;1-2-8-28(9-3-1)30-20-23-36(24-21-30)41-39-13-7-6-12-37(39)38-27-35(22-25-40(38)41)32-16-14-31(15-17-32)34-19-18-29-10-4-5-11-33(29)26-34/h1-29H;1-27H. The number of benzene rings is 16. The Balaban J connectivity index is 0.000000138. The van der Waals surface area contributed by atoms with Crippen LogP contribution in [-0.4, -0.2) is 9.13 Å². The summed E-state index contributed by atoms with van der Waals surface area (Å²) in [6, 6.07) is 124. The number of hydrogen-bond acceptors (Lipinski definition) is 0. The van der Waals surface area contributed by atoms with Crippen molar-refractivity contribution in [3.05, 3.63) is 340 Å². The molecule has 0 radical (unpaired) electrons. The number of aromatic nitrogens is 2. The molecular formula is C86H56N2. The summed E-state index contributed by atoms with van der Waals surface area (Å²) >= 11 is 0. The van der Waals surface area contributed by atoms with Crippen LogP contribution in [0.1, 0.15) is 0 Å². The number of nitrogens with zero attached hydrogens (tertiary/aromatic N) is 2. The zero-order valence-electron chi connectivity index (χ0n) is 48.2. The monoisotopic (exact) mass is 1120 g/mol. The zero-order valence-corrected chi connectivity index (χ0v) is 48.2. The van der Waals surface area contributed by atoms with E-state index >= 15 is 0 Å². The topological polar surface area (TPSA) is 9.86 Å². The summed E-state index contributed by atoms with van der Waals surface area (Å²) in [5.74, 6) is 0. The van der Waals surface area contributed by atoms with Crippen molar-refractivity contribution in [2.75, 3.05) is 0 Å². The maximum atomic E-state index is 2.43. The lowest BCUT2D eigenvalue weighted by molar-refractivity contribution is 1.18. The first-order valence-electron chi connectivity index (χ1n) is 30.4. The predicted octanol–water partition coefficient (Wildman–Crippen LogP) is 23.7. The highest BCUT2D eigenvalue weighted by atomic mass is 15.0.